The highest BCUT2D eigenvalue weighted by molar-refractivity contribution is 7.92. The first-order valence-corrected chi connectivity index (χ1v) is 8.78. The third kappa shape index (κ3) is 2.99. The van der Waals surface area contributed by atoms with Gasteiger partial charge < -0.3 is 10.5 Å². The molecule has 0 aromatic heterocycles. The fourth-order valence-corrected chi connectivity index (χ4v) is 4.23. The number of hydrogen-bond acceptors (Lipinski definition) is 4. The lowest BCUT2D eigenvalue weighted by Gasteiger charge is -2.32. The standard InChI is InChI=1S/C16H15F3N2O3S/c1-10-13(20)5-6-14-15(10)21(7-8-24-14)25(22,23)12-4-2-3-11(9-12)16(17,18)19/h2-6,9H,7-8,20H2,1H3. The number of sulfonamides is 1. The maximum atomic E-state index is 13.0. The van der Waals surface area contributed by atoms with Crippen molar-refractivity contribution in [2.24, 2.45) is 0 Å². The highest BCUT2D eigenvalue weighted by Gasteiger charge is 2.35. The molecule has 0 saturated heterocycles. The Labute approximate surface area is 142 Å². The van der Waals surface area contributed by atoms with Gasteiger partial charge in [-0.2, -0.15) is 13.2 Å². The monoisotopic (exact) mass is 372 g/mol. The van der Waals surface area contributed by atoms with E-state index in [9.17, 15) is 21.6 Å². The van der Waals surface area contributed by atoms with Crippen LogP contribution in [0.4, 0.5) is 24.5 Å². The van der Waals surface area contributed by atoms with Gasteiger partial charge in [0.15, 0.2) is 0 Å². The molecular formula is C16H15F3N2O3S. The molecule has 0 spiro atoms. The van der Waals surface area contributed by atoms with E-state index in [1.54, 1.807) is 19.1 Å². The number of fused-ring (bicyclic) bond motifs is 1. The van der Waals surface area contributed by atoms with Crippen molar-refractivity contribution < 1.29 is 26.3 Å². The Balaban J connectivity index is 2.14. The van der Waals surface area contributed by atoms with Gasteiger partial charge >= 0.3 is 6.18 Å². The van der Waals surface area contributed by atoms with Crippen LogP contribution in [0.1, 0.15) is 11.1 Å². The van der Waals surface area contributed by atoms with Gasteiger partial charge in [-0.1, -0.05) is 6.07 Å². The van der Waals surface area contributed by atoms with Crippen molar-refractivity contribution in [3.63, 3.8) is 0 Å². The van der Waals surface area contributed by atoms with Gasteiger partial charge in [-0.15, -0.1) is 0 Å². The summed E-state index contributed by atoms with van der Waals surface area (Å²) in [7, 11) is -4.20. The first-order valence-electron chi connectivity index (χ1n) is 7.34. The van der Waals surface area contributed by atoms with Crippen molar-refractivity contribution in [3.8, 4) is 5.75 Å². The topological polar surface area (TPSA) is 72.6 Å². The zero-order valence-corrected chi connectivity index (χ0v) is 14.0. The Kier molecular flexibility index (Phi) is 4.06. The molecule has 9 heteroatoms. The maximum absolute atomic E-state index is 13.0. The number of anilines is 2. The van der Waals surface area contributed by atoms with Crippen molar-refractivity contribution in [1.82, 2.24) is 0 Å². The zero-order chi connectivity index (χ0) is 18.4. The minimum atomic E-state index is -4.63. The van der Waals surface area contributed by atoms with E-state index in [1.807, 2.05) is 0 Å². The van der Waals surface area contributed by atoms with Crippen molar-refractivity contribution >= 4 is 21.4 Å². The van der Waals surface area contributed by atoms with Gasteiger partial charge in [0, 0.05) is 11.3 Å². The number of halogens is 3. The van der Waals surface area contributed by atoms with Crippen LogP contribution in [0, 0.1) is 6.92 Å². The largest absolute Gasteiger partial charge is 0.489 e. The Morgan fingerprint density at radius 1 is 1.20 bits per heavy atom. The van der Waals surface area contributed by atoms with Crippen molar-refractivity contribution in [3.05, 3.63) is 47.5 Å². The van der Waals surface area contributed by atoms with Crippen LogP contribution >= 0.6 is 0 Å². The van der Waals surface area contributed by atoms with Crippen molar-refractivity contribution in [2.75, 3.05) is 23.2 Å². The van der Waals surface area contributed by atoms with Crippen LogP contribution in [0.3, 0.4) is 0 Å². The van der Waals surface area contributed by atoms with Gasteiger partial charge in [-0.25, -0.2) is 8.42 Å². The summed E-state index contributed by atoms with van der Waals surface area (Å²) in [6.07, 6.45) is -4.63. The molecule has 0 unspecified atom stereocenters. The molecule has 1 aliphatic rings. The first-order chi connectivity index (χ1) is 11.6. The quantitative estimate of drug-likeness (QED) is 0.822. The Hall–Kier alpha value is -2.42. The Morgan fingerprint density at radius 3 is 2.60 bits per heavy atom. The van der Waals surface area contributed by atoms with Crippen LogP contribution in [-0.2, 0) is 16.2 Å². The van der Waals surface area contributed by atoms with E-state index < -0.39 is 26.7 Å². The molecule has 0 amide bonds. The highest BCUT2D eigenvalue weighted by Crippen LogP contribution is 2.41. The molecule has 0 aliphatic carbocycles. The van der Waals surface area contributed by atoms with Gasteiger partial charge in [-0.05, 0) is 37.3 Å². The zero-order valence-electron chi connectivity index (χ0n) is 13.2. The summed E-state index contributed by atoms with van der Waals surface area (Å²) < 4.78 is 71.1. The van der Waals surface area contributed by atoms with Gasteiger partial charge in [0.1, 0.15) is 12.4 Å². The van der Waals surface area contributed by atoms with E-state index in [0.717, 1.165) is 22.5 Å². The molecule has 1 heterocycles. The number of nitrogen functional groups attached to an aromatic ring is 1. The smallest absolute Gasteiger partial charge is 0.416 e. The maximum Gasteiger partial charge on any atom is 0.416 e. The summed E-state index contributed by atoms with van der Waals surface area (Å²) >= 11 is 0. The molecule has 5 nitrogen and oxygen atoms in total. The average Bonchev–Trinajstić information content (AvgIpc) is 2.57. The van der Waals surface area contributed by atoms with Crippen LogP contribution < -0.4 is 14.8 Å². The SMILES string of the molecule is Cc1c(N)ccc2c1N(S(=O)(=O)c1cccc(C(F)(F)F)c1)CCO2. The molecule has 25 heavy (non-hydrogen) atoms. The van der Waals surface area contributed by atoms with Gasteiger partial charge in [0.05, 0.1) is 22.7 Å². The van der Waals surface area contributed by atoms with Gasteiger partial charge in [0.25, 0.3) is 10.0 Å². The summed E-state index contributed by atoms with van der Waals surface area (Å²) in [4.78, 5) is -0.433. The minimum Gasteiger partial charge on any atom is -0.489 e. The summed E-state index contributed by atoms with van der Waals surface area (Å²) in [6, 6.07) is 6.81. The van der Waals surface area contributed by atoms with Crippen LogP contribution in [-0.4, -0.2) is 21.6 Å². The summed E-state index contributed by atoms with van der Waals surface area (Å²) in [5, 5.41) is 0. The fraction of sp³-hybridized carbons (Fsp3) is 0.250. The molecule has 0 fully saturated rings. The Morgan fingerprint density at radius 2 is 1.92 bits per heavy atom. The average molecular weight is 372 g/mol. The fourth-order valence-electron chi connectivity index (χ4n) is 2.67. The lowest BCUT2D eigenvalue weighted by Crippen LogP contribution is -2.38. The molecule has 3 rings (SSSR count). The molecule has 1 aliphatic heterocycles. The molecule has 0 saturated carbocycles. The van der Waals surface area contributed by atoms with Crippen LogP contribution in [0.5, 0.6) is 5.75 Å². The molecule has 2 N–H and O–H groups in total. The predicted octanol–water partition coefficient (Wildman–Crippen LogP) is 3.18. The first kappa shape index (κ1) is 17.4. The summed E-state index contributed by atoms with van der Waals surface area (Å²) in [6.45, 7) is 1.71. The Bertz CT molecular complexity index is 927. The second-order valence-corrected chi connectivity index (χ2v) is 7.44. The van der Waals surface area contributed by atoms with E-state index in [2.05, 4.69) is 0 Å². The molecule has 0 bridgehead atoms. The van der Waals surface area contributed by atoms with E-state index >= 15 is 0 Å². The van der Waals surface area contributed by atoms with E-state index in [1.165, 1.54) is 0 Å². The predicted molar refractivity (Wildman–Crippen MR) is 87.1 cm³/mol. The molecule has 2 aromatic rings. The number of rotatable bonds is 2. The van der Waals surface area contributed by atoms with Gasteiger partial charge in [0.2, 0.25) is 0 Å². The van der Waals surface area contributed by atoms with E-state index in [4.69, 9.17) is 10.5 Å². The number of hydrogen-bond donors (Lipinski definition) is 1. The number of benzene rings is 2. The third-order valence-corrected chi connectivity index (χ3v) is 5.78. The van der Waals surface area contributed by atoms with Crippen LogP contribution in [0.2, 0.25) is 0 Å². The second-order valence-electron chi connectivity index (χ2n) is 5.58. The number of ether oxygens (including phenoxy) is 1. The van der Waals surface area contributed by atoms with Crippen molar-refractivity contribution in [1.29, 1.82) is 0 Å². The molecule has 0 radical (unpaired) electrons. The van der Waals surface area contributed by atoms with E-state index in [-0.39, 0.29) is 18.8 Å². The van der Waals surface area contributed by atoms with Crippen LogP contribution in [0.25, 0.3) is 0 Å². The number of alkyl halides is 3. The lowest BCUT2D eigenvalue weighted by atomic mass is 10.1. The summed E-state index contributed by atoms with van der Waals surface area (Å²) in [5.41, 5.74) is 5.94. The molecule has 134 valence electrons. The lowest BCUT2D eigenvalue weighted by molar-refractivity contribution is -0.137. The van der Waals surface area contributed by atoms with E-state index in [0.29, 0.717) is 23.1 Å². The second kappa shape index (κ2) is 5.83. The van der Waals surface area contributed by atoms with Gasteiger partial charge in [-0.3, -0.25) is 4.31 Å². The molecular weight excluding hydrogens is 357 g/mol. The molecule has 0 atom stereocenters. The minimum absolute atomic E-state index is 0.0180. The van der Waals surface area contributed by atoms with Crippen LogP contribution in [0.15, 0.2) is 41.3 Å². The normalized spacial score (nSPS) is 14.8. The molecule has 2 aromatic carbocycles. The number of nitrogens with zero attached hydrogens (tertiary/aromatic N) is 1. The number of nitrogens with two attached hydrogens (primary N) is 1. The summed E-state index contributed by atoms with van der Waals surface area (Å²) in [5.74, 6) is 0.327. The van der Waals surface area contributed by atoms with Crippen molar-refractivity contribution in [2.45, 2.75) is 18.0 Å². The highest BCUT2D eigenvalue weighted by atomic mass is 32.2. The third-order valence-electron chi connectivity index (χ3n) is 3.99.